The zero-order valence-corrected chi connectivity index (χ0v) is 48.9. The van der Waals surface area contributed by atoms with Crippen molar-refractivity contribution in [2.24, 2.45) is 0 Å². The Kier molecular flexibility index (Phi) is 60.9. The lowest BCUT2D eigenvalue weighted by atomic mass is 10.0. The molecule has 0 saturated heterocycles. The lowest BCUT2D eigenvalue weighted by Gasteiger charge is -2.22. The van der Waals surface area contributed by atoms with Crippen molar-refractivity contribution in [2.45, 2.75) is 386 Å². The molecule has 0 aromatic heterocycles. The number of allylic oxidation sites excluding steroid dienone is 2. The summed E-state index contributed by atoms with van der Waals surface area (Å²) in [4.78, 5) is 24.6. The molecule has 0 aromatic rings. The van der Waals surface area contributed by atoms with Crippen molar-refractivity contribution in [1.29, 1.82) is 0 Å². The van der Waals surface area contributed by atoms with Gasteiger partial charge in [-0.3, -0.25) is 9.59 Å². The second-order valence-corrected chi connectivity index (χ2v) is 22.8. The molecule has 3 N–H and O–H groups in total. The fraction of sp³-hybridized carbons (Fsp3) is 0.939. The molecular weight excluding hydrogens is 887 g/mol. The lowest BCUT2D eigenvalue weighted by molar-refractivity contribution is -0.143. The summed E-state index contributed by atoms with van der Waals surface area (Å²) >= 11 is 0. The second kappa shape index (κ2) is 62.1. The average Bonchev–Trinajstić information content (AvgIpc) is 3.38. The van der Waals surface area contributed by atoms with Gasteiger partial charge in [0.15, 0.2) is 0 Å². The maximum atomic E-state index is 12.5. The van der Waals surface area contributed by atoms with Crippen molar-refractivity contribution in [3.63, 3.8) is 0 Å². The van der Waals surface area contributed by atoms with Gasteiger partial charge in [0.25, 0.3) is 0 Å². The van der Waals surface area contributed by atoms with Gasteiger partial charge < -0.3 is 20.3 Å². The number of ether oxygens (including phenoxy) is 1. The molecule has 0 bridgehead atoms. The van der Waals surface area contributed by atoms with E-state index in [1.165, 1.54) is 295 Å². The van der Waals surface area contributed by atoms with Crippen molar-refractivity contribution in [1.82, 2.24) is 5.32 Å². The van der Waals surface area contributed by atoms with Crippen molar-refractivity contribution >= 4 is 11.9 Å². The van der Waals surface area contributed by atoms with Crippen LogP contribution in [0, 0.1) is 0 Å². The summed E-state index contributed by atoms with van der Waals surface area (Å²) in [6.07, 6.45) is 75.1. The van der Waals surface area contributed by atoms with E-state index in [9.17, 15) is 19.8 Å². The average molecular weight is 1020 g/mol. The number of aliphatic hydroxyl groups is 2. The van der Waals surface area contributed by atoms with Crippen LogP contribution in [-0.2, 0) is 14.3 Å². The summed E-state index contributed by atoms with van der Waals surface area (Å²) in [6, 6.07) is -0.548. The quantitative estimate of drug-likeness (QED) is 0.0320. The van der Waals surface area contributed by atoms with Crippen LogP contribution >= 0.6 is 0 Å². The van der Waals surface area contributed by atoms with Crippen LogP contribution in [-0.4, -0.2) is 47.4 Å². The minimum atomic E-state index is -0.670. The Morgan fingerprint density at radius 2 is 0.653 bits per heavy atom. The van der Waals surface area contributed by atoms with E-state index in [0.717, 1.165) is 44.9 Å². The zero-order valence-electron chi connectivity index (χ0n) is 48.9. The molecule has 0 rings (SSSR count). The molecule has 0 aliphatic heterocycles. The Balaban J connectivity index is 3.41. The van der Waals surface area contributed by atoms with Gasteiger partial charge in [-0.05, 0) is 51.4 Å². The van der Waals surface area contributed by atoms with Crippen LogP contribution in [0.1, 0.15) is 373 Å². The smallest absolute Gasteiger partial charge is 0.305 e. The summed E-state index contributed by atoms with van der Waals surface area (Å²) in [5, 5.41) is 23.4. The zero-order chi connectivity index (χ0) is 52.2. The Bertz CT molecular complexity index is 1080. The van der Waals surface area contributed by atoms with Gasteiger partial charge in [-0.25, -0.2) is 0 Å². The van der Waals surface area contributed by atoms with Crippen LogP contribution in [0.4, 0.5) is 0 Å². The third-order valence-electron chi connectivity index (χ3n) is 15.6. The summed E-state index contributed by atoms with van der Waals surface area (Å²) in [5.41, 5.74) is 0. The number of carbonyl (C=O) groups excluding carboxylic acids is 2. The van der Waals surface area contributed by atoms with E-state index < -0.39 is 12.1 Å². The van der Waals surface area contributed by atoms with Gasteiger partial charge in [0, 0.05) is 12.8 Å². The Morgan fingerprint density at radius 1 is 0.375 bits per heavy atom. The SMILES string of the molecule is CCCCCCCCC/C=C\CCCCCCCC(=O)OCCCCCCCCCCCCCCCCCCC(=O)NC(CO)C(O)CCCCCCCCCCCCCCCCCCCCCCCCC. The minimum absolute atomic E-state index is 0.00280. The molecule has 6 heteroatoms. The van der Waals surface area contributed by atoms with E-state index in [1.54, 1.807) is 0 Å². The molecule has 0 radical (unpaired) electrons. The Morgan fingerprint density at radius 3 is 0.986 bits per heavy atom. The highest BCUT2D eigenvalue weighted by atomic mass is 16.5. The van der Waals surface area contributed by atoms with Gasteiger partial charge in [-0.2, -0.15) is 0 Å². The molecule has 0 aliphatic rings. The number of esters is 1. The number of amides is 1. The number of rotatable bonds is 62. The van der Waals surface area contributed by atoms with Crippen LogP contribution in [0.2, 0.25) is 0 Å². The third kappa shape index (κ3) is 57.9. The first kappa shape index (κ1) is 70.6. The molecule has 0 aliphatic carbocycles. The topological polar surface area (TPSA) is 95.9 Å². The van der Waals surface area contributed by atoms with Gasteiger partial charge >= 0.3 is 5.97 Å². The van der Waals surface area contributed by atoms with Gasteiger partial charge in [-0.15, -0.1) is 0 Å². The monoisotopic (exact) mass is 1020 g/mol. The molecule has 2 atom stereocenters. The van der Waals surface area contributed by atoms with E-state index in [4.69, 9.17) is 4.74 Å². The molecule has 2 unspecified atom stereocenters. The first-order valence-electron chi connectivity index (χ1n) is 32.9. The largest absolute Gasteiger partial charge is 0.466 e. The molecule has 0 saturated carbocycles. The normalized spacial score (nSPS) is 12.6. The van der Waals surface area contributed by atoms with Gasteiger partial charge in [0.05, 0.1) is 25.4 Å². The van der Waals surface area contributed by atoms with E-state index in [2.05, 4.69) is 31.3 Å². The molecule has 0 aromatic carbocycles. The minimum Gasteiger partial charge on any atom is -0.466 e. The van der Waals surface area contributed by atoms with E-state index in [0.29, 0.717) is 25.9 Å². The number of unbranched alkanes of at least 4 members (excludes halogenated alkanes) is 49. The van der Waals surface area contributed by atoms with E-state index >= 15 is 0 Å². The molecule has 0 spiro atoms. The highest BCUT2D eigenvalue weighted by molar-refractivity contribution is 5.76. The Labute approximate surface area is 450 Å². The van der Waals surface area contributed by atoms with Crippen molar-refractivity contribution in [2.75, 3.05) is 13.2 Å². The van der Waals surface area contributed by atoms with E-state index in [1.807, 2.05) is 0 Å². The number of hydrogen-bond acceptors (Lipinski definition) is 5. The maximum Gasteiger partial charge on any atom is 0.305 e. The van der Waals surface area contributed by atoms with Gasteiger partial charge in [0.1, 0.15) is 0 Å². The standard InChI is InChI=1S/C66H129NO5/c1-3-5-7-9-11-13-15-17-19-21-22-23-24-25-26-27-30-34-38-42-46-50-54-58-64(69)63(62-68)67-65(70)59-55-51-47-43-39-35-31-28-29-33-37-41-45-49-53-57-61-72-66(71)60-56-52-48-44-40-36-32-20-18-16-14-12-10-8-6-4-2/h20,32,63-64,68-69H,3-19,21-31,33-62H2,1-2H3,(H,67,70)/b32-20-. The fourth-order valence-electron chi connectivity index (χ4n) is 10.5. The predicted octanol–water partition coefficient (Wildman–Crippen LogP) is 20.8. The van der Waals surface area contributed by atoms with Gasteiger partial charge in [0.2, 0.25) is 5.91 Å². The number of nitrogens with one attached hydrogen (secondary N) is 1. The molecule has 0 fully saturated rings. The van der Waals surface area contributed by atoms with Crippen LogP contribution in [0.25, 0.3) is 0 Å². The summed E-state index contributed by atoms with van der Waals surface area (Å²) in [7, 11) is 0. The third-order valence-corrected chi connectivity index (χ3v) is 15.6. The molecular formula is C66H129NO5. The van der Waals surface area contributed by atoms with Crippen LogP contribution in [0.15, 0.2) is 12.2 Å². The number of hydrogen-bond donors (Lipinski definition) is 3. The molecule has 0 heterocycles. The Hall–Kier alpha value is -1.40. The predicted molar refractivity (Wildman–Crippen MR) is 315 cm³/mol. The van der Waals surface area contributed by atoms with Crippen LogP contribution < -0.4 is 5.32 Å². The maximum absolute atomic E-state index is 12.5. The van der Waals surface area contributed by atoms with E-state index in [-0.39, 0.29) is 18.5 Å². The fourth-order valence-corrected chi connectivity index (χ4v) is 10.5. The summed E-state index contributed by atoms with van der Waals surface area (Å²) < 4.78 is 5.48. The number of carbonyl (C=O) groups is 2. The first-order valence-corrected chi connectivity index (χ1v) is 32.9. The molecule has 72 heavy (non-hydrogen) atoms. The molecule has 428 valence electrons. The second-order valence-electron chi connectivity index (χ2n) is 22.8. The highest BCUT2D eigenvalue weighted by Gasteiger charge is 2.20. The number of aliphatic hydroxyl groups excluding tert-OH is 2. The summed E-state index contributed by atoms with van der Waals surface area (Å²) in [5.74, 6) is -0.0401. The van der Waals surface area contributed by atoms with Gasteiger partial charge in [-0.1, -0.05) is 321 Å². The highest BCUT2D eigenvalue weighted by Crippen LogP contribution is 2.19. The van der Waals surface area contributed by atoms with Crippen LogP contribution in [0.3, 0.4) is 0 Å². The molecule has 1 amide bonds. The van der Waals surface area contributed by atoms with Crippen molar-refractivity contribution in [3.05, 3.63) is 12.2 Å². The first-order chi connectivity index (χ1) is 35.5. The van der Waals surface area contributed by atoms with Crippen LogP contribution in [0.5, 0.6) is 0 Å². The molecule has 6 nitrogen and oxygen atoms in total. The van der Waals surface area contributed by atoms with Crippen molar-refractivity contribution in [3.8, 4) is 0 Å². The lowest BCUT2D eigenvalue weighted by Crippen LogP contribution is -2.45. The van der Waals surface area contributed by atoms with Crippen molar-refractivity contribution < 1.29 is 24.5 Å². The summed E-state index contributed by atoms with van der Waals surface area (Å²) in [6.45, 7) is 4.97.